The van der Waals surface area contributed by atoms with E-state index in [1.54, 1.807) is 0 Å². The maximum Gasteiger partial charge on any atom is 0.418 e. The molecule has 2 aromatic carbocycles. The molecular formula is C17H14F3N5. The number of hydrogen-bond donors (Lipinski definition) is 3. The molecule has 1 heterocycles. The lowest BCUT2D eigenvalue weighted by molar-refractivity contribution is -0.136. The highest BCUT2D eigenvalue weighted by atomic mass is 19.4. The van der Waals surface area contributed by atoms with Crippen molar-refractivity contribution in [1.29, 1.82) is 0 Å². The zero-order valence-corrected chi connectivity index (χ0v) is 12.9. The Kier molecular flexibility index (Phi) is 4.42. The van der Waals surface area contributed by atoms with Crippen molar-refractivity contribution >= 4 is 28.7 Å². The number of rotatable bonds is 4. The van der Waals surface area contributed by atoms with E-state index in [1.807, 2.05) is 30.3 Å². The van der Waals surface area contributed by atoms with Crippen LogP contribution in [0.3, 0.4) is 0 Å². The largest absolute Gasteiger partial charge is 0.418 e. The first-order valence-electron chi connectivity index (χ1n) is 7.31. The van der Waals surface area contributed by atoms with Crippen molar-refractivity contribution in [3.8, 4) is 0 Å². The summed E-state index contributed by atoms with van der Waals surface area (Å²) < 4.78 is 39.3. The third kappa shape index (κ3) is 3.79. The molecule has 128 valence electrons. The highest BCUT2D eigenvalue weighted by Gasteiger charge is 2.33. The minimum absolute atomic E-state index is 0.0881. The Bertz CT molecular complexity index is 866. The summed E-state index contributed by atoms with van der Waals surface area (Å²) in [7, 11) is 0. The first-order chi connectivity index (χ1) is 11.9. The predicted molar refractivity (Wildman–Crippen MR) is 90.9 cm³/mol. The Morgan fingerprint density at radius 1 is 0.800 bits per heavy atom. The number of anilines is 5. The zero-order chi connectivity index (χ0) is 17.9. The SMILES string of the molecule is Nc1c(Nc2ccccc2)ncnc1Nc1ccccc1C(F)(F)F. The molecule has 0 aliphatic carbocycles. The van der Waals surface area contributed by atoms with Crippen LogP contribution in [0.5, 0.6) is 0 Å². The first-order valence-corrected chi connectivity index (χ1v) is 7.31. The maximum absolute atomic E-state index is 13.1. The van der Waals surface area contributed by atoms with Gasteiger partial charge in [-0.2, -0.15) is 13.2 Å². The first kappa shape index (κ1) is 16.6. The number of nitrogens with zero attached hydrogens (tertiary/aromatic N) is 2. The second-order valence-corrected chi connectivity index (χ2v) is 5.14. The van der Waals surface area contributed by atoms with Crippen molar-refractivity contribution in [2.75, 3.05) is 16.4 Å². The van der Waals surface area contributed by atoms with Gasteiger partial charge < -0.3 is 16.4 Å². The molecule has 3 rings (SSSR count). The second-order valence-electron chi connectivity index (χ2n) is 5.14. The molecule has 0 aliphatic rings. The van der Waals surface area contributed by atoms with E-state index in [2.05, 4.69) is 20.6 Å². The van der Waals surface area contributed by atoms with Gasteiger partial charge in [0.05, 0.1) is 11.3 Å². The number of nitrogen functional groups attached to an aromatic ring is 1. The van der Waals surface area contributed by atoms with Crippen LogP contribution in [-0.2, 0) is 6.18 Å². The molecular weight excluding hydrogens is 331 g/mol. The molecule has 0 aliphatic heterocycles. The average Bonchev–Trinajstić information content (AvgIpc) is 2.59. The molecule has 0 bridgehead atoms. The number of hydrogen-bond acceptors (Lipinski definition) is 5. The van der Waals surface area contributed by atoms with Crippen LogP contribution in [0.1, 0.15) is 5.56 Å². The van der Waals surface area contributed by atoms with E-state index in [0.29, 0.717) is 5.82 Å². The lowest BCUT2D eigenvalue weighted by atomic mass is 10.1. The van der Waals surface area contributed by atoms with Crippen LogP contribution in [0, 0.1) is 0 Å². The van der Waals surface area contributed by atoms with Crippen molar-refractivity contribution < 1.29 is 13.2 Å². The van der Waals surface area contributed by atoms with Crippen molar-refractivity contribution in [2.45, 2.75) is 6.18 Å². The fraction of sp³-hybridized carbons (Fsp3) is 0.0588. The number of alkyl halides is 3. The molecule has 3 aromatic rings. The van der Waals surface area contributed by atoms with Crippen LogP contribution in [0.2, 0.25) is 0 Å². The van der Waals surface area contributed by atoms with Crippen LogP contribution in [-0.4, -0.2) is 9.97 Å². The van der Waals surface area contributed by atoms with Gasteiger partial charge in [0.15, 0.2) is 11.6 Å². The van der Waals surface area contributed by atoms with Crippen LogP contribution in [0.4, 0.5) is 41.9 Å². The van der Waals surface area contributed by atoms with Gasteiger partial charge in [-0.1, -0.05) is 30.3 Å². The van der Waals surface area contributed by atoms with Crippen LogP contribution < -0.4 is 16.4 Å². The number of aromatic nitrogens is 2. The molecule has 5 nitrogen and oxygen atoms in total. The fourth-order valence-corrected chi connectivity index (χ4v) is 2.22. The van der Waals surface area contributed by atoms with Gasteiger partial charge in [0.2, 0.25) is 0 Å². The molecule has 0 amide bonds. The van der Waals surface area contributed by atoms with E-state index < -0.39 is 11.7 Å². The van der Waals surface area contributed by atoms with Gasteiger partial charge in [0, 0.05) is 5.69 Å². The van der Waals surface area contributed by atoms with Crippen molar-refractivity contribution in [3.63, 3.8) is 0 Å². The van der Waals surface area contributed by atoms with Gasteiger partial charge in [-0.3, -0.25) is 0 Å². The van der Waals surface area contributed by atoms with Crippen LogP contribution in [0.15, 0.2) is 60.9 Å². The highest BCUT2D eigenvalue weighted by Crippen LogP contribution is 2.37. The quantitative estimate of drug-likeness (QED) is 0.646. The van der Waals surface area contributed by atoms with Gasteiger partial charge in [-0.05, 0) is 24.3 Å². The third-order valence-electron chi connectivity index (χ3n) is 3.41. The summed E-state index contributed by atoms with van der Waals surface area (Å²) in [5.74, 6) is 0.387. The fourth-order valence-electron chi connectivity index (χ4n) is 2.22. The minimum Gasteiger partial charge on any atom is -0.393 e. The molecule has 0 spiro atoms. The number of nitrogens with two attached hydrogens (primary N) is 1. The Balaban J connectivity index is 1.91. The molecule has 1 aromatic heterocycles. The molecule has 0 saturated heterocycles. The molecule has 0 atom stereocenters. The predicted octanol–water partition coefficient (Wildman–Crippen LogP) is 4.56. The lowest BCUT2D eigenvalue weighted by Crippen LogP contribution is -2.10. The Morgan fingerprint density at radius 3 is 2.08 bits per heavy atom. The highest BCUT2D eigenvalue weighted by molar-refractivity contribution is 5.80. The van der Waals surface area contributed by atoms with E-state index in [1.165, 1.54) is 24.5 Å². The smallest absolute Gasteiger partial charge is 0.393 e. The van der Waals surface area contributed by atoms with Crippen molar-refractivity contribution in [3.05, 3.63) is 66.5 Å². The molecule has 0 unspecified atom stereocenters. The standard InChI is InChI=1S/C17H14F3N5/c18-17(19,20)12-8-4-5-9-13(12)25-16-14(21)15(22-10-23-16)24-11-6-2-1-3-7-11/h1-10H,21H2,(H2,22,23,24,25). The van der Waals surface area contributed by atoms with E-state index in [9.17, 15) is 13.2 Å². The molecule has 0 fully saturated rings. The van der Waals surface area contributed by atoms with Gasteiger partial charge in [0.1, 0.15) is 12.0 Å². The van der Waals surface area contributed by atoms with Crippen LogP contribution in [0.25, 0.3) is 0 Å². The van der Waals surface area contributed by atoms with Crippen LogP contribution >= 0.6 is 0 Å². The molecule has 4 N–H and O–H groups in total. The Morgan fingerprint density at radius 2 is 1.40 bits per heavy atom. The Hall–Kier alpha value is -3.29. The number of para-hydroxylation sites is 2. The summed E-state index contributed by atoms with van der Waals surface area (Å²) in [6, 6.07) is 14.3. The molecule has 25 heavy (non-hydrogen) atoms. The van der Waals surface area contributed by atoms with E-state index >= 15 is 0 Å². The number of halogens is 3. The monoisotopic (exact) mass is 345 g/mol. The number of nitrogens with one attached hydrogen (secondary N) is 2. The summed E-state index contributed by atoms with van der Waals surface area (Å²) in [5.41, 5.74) is 5.93. The average molecular weight is 345 g/mol. The molecule has 0 saturated carbocycles. The van der Waals surface area contributed by atoms with Crippen molar-refractivity contribution in [1.82, 2.24) is 9.97 Å². The van der Waals surface area contributed by atoms with Crippen molar-refractivity contribution in [2.24, 2.45) is 0 Å². The number of benzene rings is 2. The van der Waals surface area contributed by atoms with Gasteiger partial charge in [0.25, 0.3) is 0 Å². The maximum atomic E-state index is 13.1. The molecule has 0 radical (unpaired) electrons. The second kappa shape index (κ2) is 6.68. The van der Waals surface area contributed by atoms with E-state index in [0.717, 1.165) is 11.8 Å². The normalized spacial score (nSPS) is 11.2. The minimum atomic E-state index is -4.49. The third-order valence-corrected chi connectivity index (χ3v) is 3.41. The van der Waals surface area contributed by atoms with Gasteiger partial charge in [-0.25, -0.2) is 9.97 Å². The summed E-state index contributed by atoms with van der Waals surface area (Å²) in [6.45, 7) is 0. The Labute approximate surface area is 141 Å². The van der Waals surface area contributed by atoms with E-state index in [4.69, 9.17) is 5.73 Å². The summed E-state index contributed by atoms with van der Waals surface area (Å²) in [6.07, 6.45) is -3.27. The summed E-state index contributed by atoms with van der Waals surface area (Å²) in [5, 5.41) is 5.64. The van der Waals surface area contributed by atoms with Gasteiger partial charge in [-0.15, -0.1) is 0 Å². The lowest BCUT2D eigenvalue weighted by Gasteiger charge is -2.16. The summed E-state index contributed by atoms with van der Waals surface area (Å²) in [4.78, 5) is 7.98. The zero-order valence-electron chi connectivity index (χ0n) is 12.9. The topological polar surface area (TPSA) is 75.9 Å². The summed E-state index contributed by atoms with van der Waals surface area (Å²) >= 11 is 0. The van der Waals surface area contributed by atoms with E-state index in [-0.39, 0.29) is 17.2 Å². The molecule has 8 heteroatoms. The van der Waals surface area contributed by atoms with Gasteiger partial charge >= 0.3 is 6.18 Å².